The lowest BCUT2D eigenvalue weighted by Gasteiger charge is -2.41. The Hall–Kier alpha value is -4.46. The van der Waals surface area contributed by atoms with E-state index in [1.54, 1.807) is 13.8 Å². The average molecular weight is 738 g/mol. The number of fused-ring (bicyclic) bond motifs is 1. The van der Waals surface area contributed by atoms with E-state index in [1.165, 1.54) is 10.9 Å². The molecule has 0 bridgehead atoms. The van der Waals surface area contributed by atoms with Crippen molar-refractivity contribution < 1.29 is 23.8 Å². The number of imidazole rings is 1. The minimum absolute atomic E-state index is 0.0202. The first-order valence-corrected chi connectivity index (χ1v) is 21.1. The summed E-state index contributed by atoms with van der Waals surface area (Å²) in [7, 11) is -2.49. The van der Waals surface area contributed by atoms with Crippen molar-refractivity contribution in [3.8, 4) is 0 Å². The molecule has 53 heavy (non-hydrogen) atoms. The van der Waals surface area contributed by atoms with Crippen LogP contribution in [0.4, 0.5) is 5.95 Å². The van der Waals surface area contributed by atoms with Gasteiger partial charge < -0.3 is 19.0 Å². The molecule has 1 unspecified atom stereocenters. The molecule has 0 saturated carbocycles. The van der Waals surface area contributed by atoms with E-state index >= 15 is 0 Å². The zero-order chi connectivity index (χ0) is 38.3. The second-order valence-electron chi connectivity index (χ2n) is 15.9. The highest BCUT2D eigenvalue weighted by Crippen LogP contribution is 2.45. The third kappa shape index (κ3) is 7.51. The van der Waals surface area contributed by atoms with Gasteiger partial charge in [0, 0.05) is 5.92 Å². The Balaban J connectivity index is 1.44. The number of ether oxygens (including phenoxy) is 2. The number of rotatable bonds is 11. The quantitative estimate of drug-likeness (QED) is 0.0974. The van der Waals surface area contributed by atoms with Crippen LogP contribution in [-0.2, 0) is 24.3 Å². The minimum atomic E-state index is -2.49. The summed E-state index contributed by atoms with van der Waals surface area (Å²) < 4.78 is 22.5. The Bertz CT molecular complexity index is 2060. The molecule has 1 aliphatic rings. The summed E-state index contributed by atoms with van der Waals surface area (Å²) in [4.78, 5) is 37.0. The van der Waals surface area contributed by atoms with Crippen molar-refractivity contribution in [3.05, 3.63) is 123 Å². The number of benzene rings is 3. The Kier molecular flexibility index (Phi) is 10.7. The van der Waals surface area contributed by atoms with Gasteiger partial charge in [-0.1, -0.05) is 125 Å². The molecule has 6 rings (SSSR count). The van der Waals surface area contributed by atoms with Crippen molar-refractivity contribution in [2.45, 2.75) is 96.7 Å². The topological polar surface area (TPSA) is 141 Å². The van der Waals surface area contributed by atoms with Crippen molar-refractivity contribution in [2.24, 2.45) is 5.92 Å². The number of aliphatic hydroxyl groups is 1. The smallest absolute Gasteiger partial charge is 0.280 e. The summed E-state index contributed by atoms with van der Waals surface area (Å²) in [6.07, 6.45) is -2.34. The third-order valence-electron chi connectivity index (χ3n) is 10.6. The molecule has 12 heteroatoms. The van der Waals surface area contributed by atoms with Crippen LogP contribution >= 0.6 is 0 Å². The highest BCUT2D eigenvalue weighted by molar-refractivity contribution is 6.74. The third-order valence-corrected chi connectivity index (χ3v) is 15.1. The van der Waals surface area contributed by atoms with Crippen LogP contribution in [0.3, 0.4) is 0 Å². The van der Waals surface area contributed by atoms with Gasteiger partial charge in [-0.05, 0) is 48.7 Å². The van der Waals surface area contributed by atoms with Crippen LogP contribution in [0.15, 0.2) is 90.0 Å². The normalized spacial score (nSPS) is 19.6. The Morgan fingerprint density at radius 3 is 2.08 bits per heavy atom. The Morgan fingerprint density at radius 2 is 1.53 bits per heavy atom. The number of aromatic nitrogens is 4. The van der Waals surface area contributed by atoms with Crippen LogP contribution in [-0.4, -0.2) is 63.8 Å². The van der Waals surface area contributed by atoms with Crippen LogP contribution < -0.4 is 10.9 Å². The van der Waals surface area contributed by atoms with Gasteiger partial charge in [0.25, 0.3) is 5.56 Å². The number of nitrogens with zero attached hydrogens (tertiary/aromatic N) is 3. The molecule has 280 valence electrons. The molecule has 2 aromatic heterocycles. The van der Waals surface area contributed by atoms with Gasteiger partial charge in [-0.15, -0.1) is 0 Å². The van der Waals surface area contributed by atoms with Gasteiger partial charge in [0.05, 0.1) is 12.9 Å². The summed E-state index contributed by atoms with van der Waals surface area (Å²) in [5, 5.41) is 14.6. The largest absolute Gasteiger partial charge is 0.408 e. The van der Waals surface area contributed by atoms with E-state index in [4.69, 9.17) is 13.9 Å². The van der Waals surface area contributed by atoms with Gasteiger partial charge in [0.1, 0.15) is 23.9 Å². The summed E-state index contributed by atoms with van der Waals surface area (Å²) in [6.45, 7) is 18.3. The van der Waals surface area contributed by atoms with E-state index in [0.717, 1.165) is 27.8 Å². The van der Waals surface area contributed by atoms with E-state index in [0.29, 0.717) is 0 Å². The summed E-state index contributed by atoms with van der Waals surface area (Å²) >= 11 is 0. The summed E-state index contributed by atoms with van der Waals surface area (Å²) in [6, 6.07) is 26.8. The van der Waals surface area contributed by atoms with Gasteiger partial charge in [0.2, 0.25) is 11.9 Å². The molecule has 5 aromatic rings. The fourth-order valence-electron chi connectivity index (χ4n) is 6.39. The molecule has 1 amide bonds. The number of aliphatic hydroxyl groups excluding tert-OH is 1. The van der Waals surface area contributed by atoms with E-state index < -0.39 is 44.0 Å². The SMILES string of the molecule is Cc1ccc(C(OC[C@H]2O[C@@H](n3cnc4c(=O)[nH]c(NC(=O)C(C)C)nc43)[C@@H](O)C2O[Si](C)(C)C(C)(C)C)(c2ccccc2)c2ccc(C)cc2)cc1. The van der Waals surface area contributed by atoms with Crippen molar-refractivity contribution in [3.63, 3.8) is 0 Å². The molecule has 3 aromatic carbocycles. The molecule has 3 N–H and O–H groups in total. The van der Waals surface area contributed by atoms with Gasteiger partial charge in [-0.3, -0.25) is 24.5 Å². The van der Waals surface area contributed by atoms with Crippen molar-refractivity contribution in [1.82, 2.24) is 19.5 Å². The number of amides is 1. The van der Waals surface area contributed by atoms with Crippen LogP contribution in [0.1, 0.15) is 68.7 Å². The number of hydrogen-bond donors (Lipinski definition) is 3. The van der Waals surface area contributed by atoms with Crippen molar-refractivity contribution >= 4 is 31.3 Å². The van der Waals surface area contributed by atoms with Gasteiger partial charge >= 0.3 is 0 Å². The molecule has 1 fully saturated rings. The average Bonchev–Trinajstić information content (AvgIpc) is 3.66. The lowest BCUT2D eigenvalue weighted by atomic mass is 9.79. The van der Waals surface area contributed by atoms with E-state index in [2.05, 4.69) is 129 Å². The Morgan fingerprint density at radius 1 is 0.962 bits per heavy atom. The first kappa shape index (κ1) is 38.3. The Labute approximate surface area is 311 Å². The summed E-state index contributed by atoms with van der Waals surface area (Å²) in [5.41, 5.74) is 3.69. The van der Waals surface area contributed by atoms with Gasteiger partial charge in [-0.2, -0.15) is 4.98 Å². The first-order chi connectivity index (χ1) is 25.0. The zero-order valence-electron chi connectivity index (χ0n) is 32.0. The maximum absolute atomic E-state index is 13.1. The first-order valence-electron chi connectivity index (χ1n) is 18.1. The number of aromatic amines is 1. The van der Waals surface area contributed by atoms with Crippen LogP contribution in [0.25, 0.3) is 11.2 Å². The molecule has 3 heterocycles. The molecule has 0 spiro atoms. The maximum atomic E-state index is 13.1. The highest BCUT2D eigenvalue weighted by atomic mass is 28.4. The molecule has 11 nitrogen and oxygen atoms in total. The number of H-pyrrole nitrogens is 1. The van der Waals surface area contributed by atoms with Crippen LogP contribution in [0, 0.1) is 19.8 Å². The molecule has 1 saturated heterocycles. The van der Waals surface area contributed by atoms with E-state index in [1.807, 2.05) is 18.2 Å². The van der Waals surface area contributed by atoms with Gasteiger partial charge in [-0.25, -0.2) is 4.98 Å². The number of hydrogen-bond acceptors (Lipinski definition) is 8. The van der Waals surface area contributed by atoms with E-state index in [9.17, 15) is 14.7 Å². The predicted octanol–water partition coefficient (Wildman–Crippen LogP) is 6.99. The number of carbonyl (C=O) groups is 1. The fourth-order valence-corrected chi connectivity index (χ4v) is 7.71. The molecular formula is C41H51N5O6Si. The lowest BCUT2D eigenvalue weighted by molar-refractivity contribution is -0.118. The molecule has 4 atom stereocenters. The fraction of sp³-hybridized carbons (Fsp3) is 0.415. The minimum Gasteiger partial charge on any atom is -0.408 e. The number of aryl methyl sites for hydroxylation is 2. The molecule has 0 radical (unpaired) electrons. The zero-order valence-corrected chi connectivity index (χ0v) is 33.0. The standard InChI is InChI=1S/C41H51N5O6Si/c1-25(2)36(48)44-39-43-35-32(37(49)45-39)42-24-46(35)38-33(47)34(52-53(8,9)40(5,6)7)31(51-38)23-50-41(28-13-11-10-12-14-28,29-19-15-26(3)16-20-29)30-21-17-27(4)18-22-30/h10-22,24-25,31,33-34,38,47H,23H2,1-9H3,(H2,43,44,45,48,49)/t31-,33+,34?,38-/m1/s1. The lowest BCUT2D eigenvalue weighted by Crippen LogP contribution is -2.50. The van der Waals surface area contributed by atoms with Gasteiger partial charge in [0.15, 0.2) is 25.7 Å². The monoisotopic (exact) mass is 737 g/mol. The summed E-state index contributed by atoms with van der Waals surface area (Å²) in [5.74, 6) is -0.661. The van der Waals surface area contributed by atoms with Crippen LogP contribution in [0.2, 0.25) is 18.1 Å². The second kappa shape index (κ2) is 14.8. The predicted molar refractivity (Wildman–Crippen MR) is 208 cm³/mol. The van der Waals surface area contributed by atoms with Crippen molar-refractivity contribution in [2.75, 3.05) is 11.9 Å². The van der Waals surface area contributed by atoms with Crippen LogP contribution in [0.5, 0.6) is 0 Å². The van der Waals surface area contributed by atoms with Crippen molar-refractivity contribution in [1.29, 1.82) is 0 Å². The number of carbonyl (C=O) groups excluding carboxylic acids is 1. The number of nitrogens with one attached hydrogen (secondary N) is 2. The number of anilines is 1. The molecule has 1 aliphatic heterocycles. The molecule has 0 aliphatic carbocycles. The maximum Gasteiger partial charge on any atom is 0.280 e. The second-order valence-corrected chi connectivity index (χ2v) is 20.6. The van der Waals surface area contributed by atoms with E-state index in [-0.39, 0.29) is 40.6 Å². The highest BCUT2D eigenvalue weighted by Gasteiger charge is 2.52. The molecular weight excluding hydrogens is 687 g/mol.